The molecule has 0 saturated heterocycles. The highest BCUT2D eigenvalue weighted by molar-refractivity contribution is 7.98. The molecule has 1 rings (SSSR count). The third kappa shape index (κ3) is 5.57. The summed E-state index contributed by atoms with van der Waals surface area (Å²) in [6.45, 7) is 1.78. The van der Waals surface area contributed by atoms with E-state index in [1.54, 1.807) is 30.8 Å². The number of thioether (sulfide) groups is 1. The molecule has 0 aliphatic rings. The number of nitrogens with one attached hydrogen (secondary N) is 1. The van der Waals surface area contributed by atoms with Gasteiger partial charge in [0.1, 0.15) is 11.8 Å². The number of phenols is 1. The lowest BCUT2D eigenvalue weighted by molar-refractivity contribution is -0.142. The van der Waals surface area contributed by atoms with Crippen LogP contribution in [0, 0.1) is 6.92 Å². The number of rotatable bonds is 8. The van der Waals surface area contributed by atoms with Crippen LogP contribution < -0.4 is 11.1 Å². The van der Waals surface area contributed by atoms with Crippen molar-refractivity contribution in [3.8, 4) is 5.75 Å². The van der Waals surface area contributed by atoms with Gasteiger partial charge in [0.15, 0.2) is 0 Å². The summed E-state index contributed by atoms with van der Waals surface area (Å²) >= 11 is 1.58. The van der Waals surface area contributed by atoms with Crippen molar-refractivity contribution in [2.45, 2.75) is 31.8 Å². The highest BCUT2D eigenvalue weighted by Gasteiger charge is 2.24. The second-order valence-electron chi connectivity index (χ2n) is 5.10. The molecule has 0 aromatic heterocycles. The summed E-state index contributed by atoms with van der Waals surface area (Å²) in [7, 11) is 0. The van der Waals surface area contributed by atoms with Gasteiger partial charge in [0, 0.05) is 6.42 Å². The van der Waals surface area contributed by atoms with E-state index < -0.39 is 24.0 Å². The fourth-order valence-electron chi connectivity index (χ4n) is 1.98. The molecule has 0 radical (unpaired) electrons. The summed E-state index contributed by atoms with van der Waals surface area (Å²) in [6, 6.07) is 2.94. The van der Waals surface area contributed by atoms with Crippen molar-refractivity contribution >= 4 is 23.6 Å². The van der Waals surface area contributed by atoms with Gasteiger partial charge < -0.3 is 21.3 Å². The molecule has 0 saturated carbocycles. The lowest BCUT2D eigenvalue weighted by atomic mass is 10.0. The van der Waals surface area contributed by atoms with E-state index in [4.69, 9.17) is 5.73 Å². The maximum Gasteiger partial charge on any atom is 0.326 e. The van der Waals surface area contributed by atoms with E-state index in [1.807, 2.05) is 6.26 Å². The van der Waals surface area contributed by atoms with Crippen LogP contribution in [0.25, 0.3) is 0 Å². The zero-order valence-electron chi connectivity index (χ0n) is 12.7. The molecule has 0 fully saturated rings. The Labute approximate surface area is 134 Å². The van der Waals surface area contributed by atoms with E-state index >= 15 is 0 Å². The predicted molar refractivity (Wildman–Crippen MR) is 87.1 cm³/mol. The first kappa shape index (κ1) is 18.3. The Morgan fingerprint density at radius 2 is 2.09 bits per heavy atom. The van der Waals surface area contributed by atoms with E-state index in [9.17, 15) is 19.8 Å². The van der Waals surface area contributed by atoms with E-state index in [0.717, 1.165) is 16.9 Å². The van der Waals surface area contributed by atoms with Gasteiger partial charge in [0.2, 0.25) is 5.91 Å². The first-order valence-electron chi connectivity index (χ1n) is 6.91. The van der Waals surface area contributed by atoms with Crippen molar-refractivity contribution in [1.29, 1.82) is 0 Å². The average molecular weight is 326 g/mol. The number of aromatic hydroxyl groups is 1. The summed E-state index contributed by atoms with van der Waals surface area (Å²) < 4.78 is 0. The molecule has 5 N–H and O–H groups in total. The Morgan fingerprint density at radius 1 is 1.41 bits per heavy atom. The van der Waals surface area contributed by atoms with Gasteiger partial charge in [-0.3, -0.25) is 4.79 Å². The topological polar surface area (TPSA) is 113 Å². The maximum atomic E-state index is 11.9. The number of aliphatic carboxylic acids is 1. The number of carbonyl (C=O) groups is 2. The Morgan fingerprint density at radius 3 is 2.64 bits per heavy atom. The molecule has 0 aliphatic carbocycles. The van der Waals surface area contributed by atoms with Crippen LogP contribution in [-0.2, 0) is 16.0 Å². The van der Waals surface area contributed by atoms with E-state index in [0.29, 0.717) is 6.42 Å². The van der Waals surface area contributed by atoms with Gasteiger partial charge in [0.05, 0.1) is 6.04 Å². The van der Waals surface area contributed by atoms with E-state index in [1.165, 1.54) is 6.07 Å². The Balaban J connectivity index is 2.73. The van der Waals surface area contributed by atoms with Crippen molar-refractivity contribution in [1.82, 2.24) is 5.32 Å². The van der Waals surface area contributed by atoms with Crippen molar-refractivity contribution in [3.05, 3.63) is 29.3 Å². The average Bonchev–Trinajstić information content (AvgIpc) is 2.46. The highest BCUT2D eigenvalue weighted by Crippen LogP contribution is 2.17. The third-order valence-corrected chi connectivity index (χ3v) is 3.98. The van der Waals surface area contributed by atoms with Gasteiger partial charge >= 0.3 is 5.97 Å². The van der Waals surface area contributed by atoms with Crippen molar-refractivity contribution in [2.24, 2.45) is 5.73 Å². The van der Waals surface area contributed by atoms with Crippen LogP contribution in [0.1, 0.15) is 17.5 Å². The van der Waals surface area contributed by atoms with Gasteiger partial charge in [-0.15, -0.1) is 0 Å². The lowest BCUT2D eigenvalue weighted by Gasteiger charge is -2.18. The van der Waals surface area contributed by atoms with Gasteiger partial charge in [-0.25, -0.2) is 4.79 Å². The molecule has 0 heterocycles. The minimum Gasteiger partial charge on any atom is -0.508 e. The second kappa shape index (κ2) is 8.65. The SMILES string of the molecule is CSCC[C@H](N)C(=O)N[C@@H](Cc1ccc(O)cc1C)C(=O)O. The van der Waals surface area contributed by atoms with Crippen LogP contribution in [0.15, 0.2) is 18.2 Å². The van der Waals surface area contributed by atoms with Gasteiger partial charge in [-0.1, -0.05) is 6.07 Å². The molecule has 22 heavy (non-hydrogen) atoms. The molecule has 0 unspecified atom stereocenters. The minimum atomic E-state index is -1.11. The smallest absolute Gasteiger partial charge is 0.326 e. The summed E-state index contributed by atoms with van der Waals surface area (Å²) in [5.74, 6) is -0.712. The number of nitrogens with two attached hydrogens (primary N) is 1. The number of hydrogen-bond acceptors (Lipinski definition) is 5. The number of benzene rings is 1. The first-order valence-corrected chi connectivity index (χ1v) is 8.30. The second-order valence-corrected chi connectivity index (χ2v) is 6.09. The lowest BCUT2D eigenvalue weighted by Crippen LogP contribution is -2.49. The number of phenolic OH excluding ortho intramolecular Hbond substituents is 1. The van der Waals surface area contributed by atoms with Crippen LogP contribution in [0.4, 0.5) is 0 Å². The van der Waals surface area contributed by atoms with Gasteiger partial charge in [0.25, 0.3) is 0 Å². The fraction of sp³-hybridized carbons (Fsp3) is 0.467. The minimum absolute atomic E-state index is 0.122. The molecule has 1 aromatic carbocycles. The van der Waals surface area contributed by atoms with Gasteiger partial charge in [-0.2, -0.15) is 11.8 Å². The van der Waals surface area contributed by atoms with Crippen LogP contribution in [0.2, 0.25) is 0 Å². The van der Waals surface area contributed by atoms with Crippen LogP contribution in [0.5, 0.6) is 5.75 Å². The summed E-state index contributed by atoms with van der Waals surface area (Å²) in [5.41, 5.74) is 7.27. The number of amides is 1. The predicted octanol–water partition coefficient (Wildman–Crippen LogP) is 0.893. The molecule has 122 valence electrons. The zero-order chi connectivity index (χ0) is 16.7. The normalized spacial score (nSPS) is 13.4. The molecular formula is C15H22N2O4S. The largest absolute Gasteiger partial charge is 0.508 e. The molecule has 7 heteroatoms. The monoisotopic (exact) mass is 326 g/mol. The third-order valence-electron chi connectivity index (χ3n) is 3.33. The molecule has 1 aromatic rings. The Hall–Kier alpha value is -1.73. The molecule has 2 atom stereocenters. The number of hydrogen-bond donors (Lipinski definition) is 4. The summed E-state index contributed by atoms with van der Waals surface area (Å²) in [6.07, 6.45) is 2.55. The van der Waals surface area contributed by atoms with Crippen molar-refractivity contribution in [3.63, 3.8) is 0 Å². The maximum absolute atomic E-state index is 11.9. The molecular weight excluding hydrogens is 304 g/mol. The quantitative estimate of drug-likeness (QED) is 0.564. The zero-order valence-corrected chi connectivity index (χ0v) is 13.5. The molecule has 0 spiro atoms. The van der Waals surface area contributed by atoms with Crippen LogP contribution in [0.3, 0.4) is 0 Å². The van der Waals surface area contributed by atoms with Crippen LogP contribution >= 0.6 is 11.8 Å². The molecule has 0 aliphatic heterocycles. The molecule has 1 amide bonds. The number of carboxylic acids is 1. The number of aryl methyl sites for hydroxylation is 1. The van der Waals surface area contributed by atoms with Crippen LogP contribution in [-0.4, -0.2) is 46.2 Å². The van der Waals surface area contributed by atoms with Gasteiger partial charge in [-0.05, 0) is 48.6 Å². The van der Waals surface area contributed by atoms with Crippen molar-refractivity contribution in [2.75, 3.05) is 12.0 Å². The van der Waals surface area contributed by atoms with Crippen molar-refractivity contribution < 1.29 is 19.8 Å². The summed E-state index contributed by atoms with van der Waals surface area (Å²) in [5, 5.41) is 21.1. The number of carboxylic acid groups (broad SMARTS) is 1. The van der Waals surface area contributed by atoms with E-state index in [-0.39, 0.29) is 12.2 Å². The first-order chi connectivity index (χ1) is 10.3. The fourth-order valence-corrected chi connectivity index (χ4v) is 2.47. The van der Waals surface area contributed by atoms with E-state index in [2.05, 4.69) is 5.32 Å². The number of carbonyl (C=O) groups excluding carboxylic acids is 1. The summed E-state index contributed by atoms with van der Waals surface area (Å²) in [4.78, 5) is 23.3. The Bertz CT molecular complexity index is 536. The highest BCUT2D eigenvalue weighted by atomic mass is 32.2. The Kier molecular flexibility index (Phi) is 7.20. The standard InChI is InChI=1S/C15H22N2O4S/c1-9-7-11(18)4-3-10(9)8-13(15(20)21)17-14(19)12(16)5-6-22-2/h3-4,7,12-13,18H,5-6,8,16H2,1-2H3,(H,17,19)(H,20,21)/t12-,13-/m0/s1. The molecule has 0 bridgehead atoms. The molecule has 6 nitrogen and oxygen atoms in total.